The molecule has 3 nitrogen and oxygen atoms in total. The SMILES string of the molecule is CC(C)C(C)OC12CC3CC(C1)OC(=O)C(C3)C2. The molecule has 4 aliphatic rings. The minimum Gasteiger partial charge on any atom is -0.462 e. The molecule has 3 heteroatoms. The van der Waals surface area contributed by atoms with E-state index in [1.54, 1.807) is 0 Å². The summed E-state index contributed by atoms with van der Waals surface area (Å²) in [5, 5.41) is 0. The zero-order chi connectivity index (χ0) is 12.9. The van der Waals surface area contributed by atoms with Crippen LogP contribution in [0.2, 0.25) is 0 Å². The molecule has 2 aliphatic heterocycles. The van der Waals surface area contributed by atoms with E-state index >= 15 is 0 Å². The fraction of sp³-hybridized carbons (Fsp3) is 0.933. The van der Waals surface area contributed by atoms with E-state index in [9.17, 15) is 4.79 Å². The summed E-state index contributed by atoms with van der Waals surface area (Å²) in [6.45, 7) is 6.55. The molecule has 0 aromatic carbocycles. The molecule has 18 heavy (non-hydrogen) atoms. The topological polar surface area (TPSA) is 35.5 Å². The molecule has 0 aromatic rings. The lowest BCUT2D eigenvalue weighted by Crippen LogP contribution is -2.49. The highest BCUT2D eigenvalue weighted by molar-refractivity contribution is 5.73. The maximum absolute atomic E-state index is 11.9. The van der Waals surface area contributed by atoms with Gasteiger partial charge in [0.1, 0.15) is 6.10 Å². The van der Waals surface area contributed by atoms with Crippen LogP contribution in [0, 0.1) is 17.8 Å². The van der Waals surface area contributed by atoms with Crippen molar-refractivity contribution in [1.29, 1.82) is 0 Å². The van der Waals surface area contributed by atoms with E-state index in [0.29, 0.717) is 11.8 Å². The number of esters is 1. The van der Waals surface area contributed by atoms with Crippen molar-refractivity contribution in [3.8, 4) is 0 Å². The molecule has 2 aliphatic carbocycles. The molecule has 5 unspecified atom stereocenters. The summed E-state index contributed by atoms with van der Waals surface area (Å²) in [7, 11) is 0. The summed E-state index contributed by atoms with van der Waals surface area (Å²) in [5.74, 6) is 1.28. The molecule has 5 atom stereocenters. The van der Waals surface area contributed by atoms with Crippen LogP contribution >= 0.6 is 0 Å². The van der Waals surface area contributed by atoms with Gasteiger partial charge in [-0.15, -0.1) is 0 Å². The van der Waals surface area contributed by atoms with Gasteiger partial charge in [0.15, 0.2) is 0 Å². The molecule has 4 bridgehead atoms. The van der Waals surface area contributed by atoms with Gasteiger partial charge in [-0.05, 0) is 44.4 Å². The quantitative estimate of drug-likeness (QED) is 0.724. The highest BCUT2D eigenvalue weighted by Gasteiger charge is 2.53. The van der Waals surface area contributed by atoms with Crippen molar-refractivity contribution in [3.63, 3.8) is 0 Å². The van der Waals surface area contributed by atoms with Crippen LogP contribution in [0.25, 0.3) is 0 Å². The van der Waals surface area contributed by atoms with Crippen LogP contribution in [0.1, 0.15) is 52.9 Å². The Bertz CT molecular complexity index is 352. The van der Waals surface area contributed by atoms with Gasteiger partial charge in [-0.25, -0.2) is 0 Å². The van der Waals surface area contributed by atoms with Crippen molar-refractivity contribution in [1.82, 2.24) is 0 Å². The van der Waals surface area contributed by atoms with Crippen molar-refractivity contribution >= 4 is 5.97 Å². The number of ether oxygens (including phenoxy) is 2. The summed E-state index contributed by atoms with van der Waals surface area (Å²) >= 11 is 0. The largest absolute Gasteiger partial charge is 0.462 e. The van der Waals surface area contributed by atoms with E-state index in [2.05, 4.69) is 20.8 Å². The van der Waals surface area contributed by atoms with Gasteiger partial charge in [0.25, 0.3) is 0 Å². The second-order valence-electron chi connectivity index (χ2n) is 6.96. The second-order valence-corrected chi connectivity index (χ2v) is 6.96. The Balaban J connectivity index is 1.82. The Kier molecular flexibility index (Phi) is 2.92. The number of hydrogen-bond donors (Lipinski definition) is 0. The number of hydrogen-bond acceptors (Lipinski definition) is 3. The average molecular weight is 252 g/mol. The molecule has 2 heterocycles. The van der Waals surface area contributed by atoms with Crippen molar-refractivity contribution in [2.75, 3.05) is 0 Å². The maximum Gasteiger partial charge on any atom is 0.309 e. The van der Waals surface area contributed by atoms with Gasteiger partial charge in [0, 0.05) is 6.42 Å². The predicted octanol–water partition coefficient (Wildman–Crippen LogP) is 2.92. The van der Waals surface area contributed by atoms with Crippen molar-refractivity contribution in [2.45, 2.75) is 70.7 Å². The molecule has 4 fully saturated rings. The third-order valence-electron chi connectivity index (χ3n) is 5.08. The molecular formula is C15H24O3. The Labute approximate surface area is 109 Å². The van der Waals surface area contributed by atoms with Crippen LogP contribution < -0.4 is 0 Å². The van der Waals surface area contributed by atoms with Crippen LogP contribution in [-0.2, 0) is 14.3 Å². The van der Waals surface area contributed by atoms with Gasteiger partial charge in [0.05, 0.1) is 17.6 Å². The first-order valence-corrected chi connectivity index (χ1v) is 7.36. The lowest BCUT2D eigenvalue weighted by Gasteiger charge is -2.47. The first kappa shape index (κ1) is 12.5. The summed E-state index contributed by atoms with van der Waals surface area (Å²) in [6, 6.07) is 0. The fourth-order valence-corrected chi connectivity index (χ4v) is 4.05. The van der Waals surface area contributed by atoms with Crippen molar-refractivity contribution < 1.29 is 14.3 Å². The first-order valence-electron chi connectivity index (χ1n) is 7.36. The predicted molar refractivity (Wildman–Crippen MR) is 68.1 cm³/mol. The summed E-state index contributed by atoms with van der Waals surface area (Å²) in [6.07, 6.45) is 5.39. The lowest BCUT2D eigenvalue weighted by atomic mass is 9.65. The van der Waals surface area contributed by atoms with Crippen LogP contribution in [-0.4, -0.2) is 23.8 Å². The molecule has 2 saturated carbocycles. The van der Waals surface area contributed by atoms with Gasteiger partial charge in [-0.2, -0.15) is 0 Å². The Morgan fingerprint density at radius 2 is 2.00 bits per heavy atom. The Morgan fingerprint density at radius 1 is 1.22 bits per heavy atom. The van der Waals surface area contributed by atoms with Crippen LogP contribution in [0.3, 0.4) is 0 Å². The monoisotopic (exact) mass is 252 g/mol. The highest BCUT2D eigenvalue weighted by Crippen LogP contribution is 2.51. The first-order chi connectivity index (χ1) is 8.47. The zero-order valence-corrected chi connectivity index (χ0v) is 11.6. The Hall–Kier alpha value is -0.570. The highest BCUT2D eigenvalue weighted by atomic mass is 16.6. The van der Waals surface area contributed by atoms with Gasteiger partial charge in [-0.1, -0.05) is 13.8 Å². The van der Waals surface area contributed by atoms with Crippen LogP contribution in [0.15, 0.2) is 0 Å². The lowest BCUT2D eigenvalue weighted by molar-refractivity contribution is -0.162. The van der Waals surface area contributed by atoms with Gasteiger partial charge in [-0.3, -0.25) is 4.79 Å². The molecule has 2 saturated heterocycles. The van der Waals surface area contributed by atoms with Crippen LogP contribution in [0.5, 0.6) is 0 Å². The maximum atomic E-state index is 11.9. The van der Waals surface area contributed by atoms with Gasteiger partial charge >= 0.3 is 5.97 Å². The van der Waals surface area contributed by atoms with E-state index in [-0.39, 0.29) is 29.7 Å². The fourth-order valence-electron chi connectivity index (χ4n) is 4.05. The summed E-state index contributed by atoms with van der Waals surface area (Å²) < 4.78 is 12.0. The zero-order valence-electron chi connectivity index (χ0n) is 11.6. The second kappa shape index (κ2) is 4.22. The van der Waals surface area contributed by atoms with E-state index < -0.39 is 0 Å². The molecule has 102 valence electrons. The molecular weight excluding hydrogens is 228 g/mol. The number of fused-ring (bicyclic) bond motifs is 1. The molecule has 0 N–H and O–H groups in total. The van der Waals surface area contributed by atoms with E-state index in [4.69, 9.17) is 9.47 Å². The third-order valence-corrected chi connectivity index (χ3v) is 5.08. The van der Waals surface area contributed by atoms with Crippen molar-refractivity contribution in [2.24, 2.45) is 17.8 Å². The molecule has 0 radical (unpaired) electrons. The van der Waals surface area contributed by atoms with E-state index in [0.717, 1.165) is 32.1 Å². The smallest absolute Gasteiger partial charge is 0.309 e. The molecule has 4 rings (SSSR count). The van der Waals surface area contributed by atoms with E-state index in [1.807, 2.05) is 0 Å². The summed E-state index contributed by atoms with van der Waals surface area (Å²) in [4.78, 5) is 11.9. The van der Waals surface area contributed by atoms with Gasteiger partial charge in [0.2, 0.25) is 0 Å². The molecule has 0 amide bonds. The minimum absolute atomic E-state index is 0.0323. The number of carbonyl (C=O) groups excluding carboxylic acids is 1. The summed E-state index contributed by atoms with van der Waals surface area (Å²) in [5.41, 5.74) is -0.0770. The molecule has 0 aromatic heterocycles. The minimum atomic E-state index is -0.0770. The average Bonchev–Trinajstić information content (AvgIpc) is 2.41. The number of rotatable bonds is 3. The Morgan fingerprint density at radius 3 is 2.72 bits per heavy atom. The normalized spacial score (nSPS) is 44.0. The molecule has 0 spiro atoms. The van der Waals surface area contributed by atoms with Gasteiger partial charge < -0.3 is 9.47 Å². The number of carbonyl (C=O) groups is 1. The third kappa shape index (κ3) is 2.07. The standard InChI is InChI=1S/C15H24O3/c1-9(2)10(3)18-15-6-11-4-12(7-15)14(16)17-13(5-11)8-15/h9-13H,4-8H2,1-3H3. The van der Waals surface area contributed by atoms with Crippen molar-refractivity contribution in [3.05, 3.63) is 0 Å². The van der Waals surface area contributed by atoms with E-state index in [1.165, 1.54) is 0 Å². The van der Waals surface area contributed by atoms with Crippen LogP contribution in [0.4, 0.5) is 0 Å².